The Hall–Kier alpha value is -3.61. The van der Waals surface area contributed by atoms with Crippen molar-refractivity contribution in [3.05, 3.63) is 66.2 Å². The maximum atomic E-state index is 11.7. The lowest BCUT2D eigenvalue weighted by Crippen LogP contribution is -2.38. The van der Waals surface area contributed by atoms with Gasteiger partial charge in [0.05, 0.1) is 6.54 Å². The fourth-order valence-corrected chi connectivity index (χ4v) is 2.14. The monoisotopic (exact) mass is 382 g/mol. The summed E-state index contributed by atoms with van der Waals surface area (Å²) in [5.41, 5.74) is 0.742. The summed E-state index contributed by atoms with van der Waals surface area (Å²) in [6, 6.07) is 16.5. The number of hydrogen-bond donors (Lipinski definition) is 2. The lowest BCUT2D eigenvalue weighted by Gasteiger charge is -2.06. The molecule has 2 aromatic carbocycles. The topological polar surface area (TPSA) is 93.7 Å². The normalized spacial score (nSPS) is 10.3. The van der Waals surface area contributed by atoms with Crippen molar-refractivity contribution in [3.8, 4) is 11.5 Å². The molecule has 0 atom stereocenters. The number of para-hydroxylation sites is 1. The van der Waals surface area contributed by atoms with Gasteiger partial charge in [0.1, 0.15) is 11.5 Å². The Labute approximate surface area is 163 Å². The van der Waals surface area contributed by atoms with E-state index in [2.05, 4.69) is 10.6 Å². The van der Waals surface area contributed by atoms with Gasteiger partial charge in [0.15, 0.2) is 6.61 Å². The number of ether oxygens (including phenoxy) is 2. The standard InChI is InChI=1S/C21H22N2O5/c1-2-22-19(24)14-23-20(25)15-27-21(26)12-11-16-7-6-10-18(13-16)28-17-8-4-3-5-9-17/h3-13H,2,14-15H2,1H3,(H,22,24)(H,23,25)/b12-11+. The van der Waals surface area contributed by atoms with E-state index >= 15 is 0 Å². The molecule has 7 nitrogen and oxygen atoms in total. The van der Waals surface area contributed by atoms with Crippen LogP contribution in [0.1, 0.15) is 12.5 Å². The van der Waals surface area contributed by atoms with Crippen LogP contribution in [-0.2, 0) is 19.1 Å². The summed E-state index contributed by atoms with van der Waals surface area (Å²) in [5.74, 6) is -0.179. The molecule has 2 amide bonds. The molecule has 28 heavy (non-hydrogen) atoms. The largest absolute Gasteiger partial charge is 0.457 e. The highest BCUT2D eigenvalue weighted by Crippen LogP contribution is 2.22. The van der Waals surface area contributed by atoms with Crippen molar-refractivity contribution in [2.45, 2.75) is 6.92 Å². The molecule has 0 spiro atoms. The highest BCUT2D eigenvalue weighted by Gasteiger charge is 2.07. The van der Waals surface area contributed by atoms with Gasteiger partial charge in [-0.05, 0) is 42.8 Å². The number of hydrogen-bond acceptors (Lipinski definition) is 5. The Balaban J connectivity index is 1.79. The minimum absolute atomic E-state index is 0.158. The van der Waals surface area contributed by atoms with E-state index in [-0.39, 0.29) is 12.5 Å². The zero-order valence-electron chi connectivity index (χ0n) is 15.5. The zero-order chi connectivity index (χ0) is 20.2. The molecule has 2 aromatic rings. The van der Waals surface area contributed by atoms with E-state index in [0.29, 0.717) is 18.0 Å². The lowest BCUT2D eigenvalue weighted by molar-refractivity contribution is -0.143. The van der Waals surface area contributed by atoms with Crippen molar-refractivity contribution in [2.75, 3.05) is 19.7 Å². The van der Waals surface area contributed by atoms with Crippen LogP contribution in [0.5, 0.6) is 11.5 Å². The summed E-state index contributed by atoms with van der Waals surface area (Å²) in [6.45, 7) is 1.64. The molecule has 2 rings (SSSR count). The summed E-state index contributed by atoms with van der Waals surface area (Å²) in [6.07, 6.45) is 2.78. The summed E-state index contributed by atoms with van der Waals surface area (Å²) >= 11 is 0. The molecule has 0 radical (unpaired) electrons. The van der Waals surface area contributed by atoms with Crippen molar-refractivity contribution in [1.29, 1.82) is 0 Å². The van der Waals surface area contributed by atoms with Crippen molar-refractivity contribution in [2.24, 2.45) is 0 Å². The van der Waals surface area contributed by atoms with Gasteiger partial charge in [0.25, 0.3) is 5.91 Å². The van der Waals surface area contributed by atoms with Crippen LogP contribution in [0.2, 0.25) is 0 Å². The fraction of sp³-hybridized carbons (Fsp3) is 0.190. The average Bonchev–Trinajstić information content (AvgIpc) is 2.70. The number of carbonyl (C=O) groups excluding carboxylic acids is 3. The van der Waals surface area contributed by atoms with Gasteiger partial charge >= 0.3 is 5.97 Å². The number of likely N-dealkylation sites (N-methyl/N-ethyl adjacent to an activating group) is 1. The summed E-state index contributed by atoms with van der Waals surface area (Å²) in [5, 5.41) is 4.90. The lowest BCUT2D eigenvalue weighted by atomic mass is 10.2. The van der Waals surface area contributed by atoms with Gasteiger partial charge in [-0.2, -0.15) is 0 Å². The van der Waals surface area contributed by atoms with Crippen molar-refractivity contribution < 1.29 is 23.9 Å². The Morgan fingerprint density at radius 1 is 0.929 bits per heavy atom. The summed E-state index contributed by atoms with van der Waals surface area (Å²) in [7, 11) is 0. The molecule has 0 heterocycles. The third-order valence-corrected chi connectivity index (χ3v) is 3.41. The Morgan fingerprint density at radius 2 is 1.68 bits per heavy atom. The molecule has 0 bridgehead atoms. The molecule has 0 saturated heterocycles. The highest BCUT2D eigenvalue weighted by molar-refractivity contribution is 5.90. The van der Waals surface area contributed by atoms with E-state index < -0.39 is 18.5 Å². The van der Waals surface area contributed by atoms with Gasteiger partial charge in [-0.15, -0.1) is 0 Å². The van der Waals surface area contributed by atoms with E-state index in [9.17, 15) is 14.4 Å². The van der Waals surface area contributed by atoms with Gasteiger partial charge in [-0.1, -0.05) is 30.3 Å². The highest BCUT2D eigenvalue weighted by atomic mass is 16.5. The quantitative estimate of drug-likeness (QED) is 0.513. The SMILES string of the molecule is CCNC(=O)CNC(=O)COC(=O)/C=C/c1cccc(Oc2ccccc2)c1. The molecule has 0 saturated carbocycles. The molecule has 0 aromatic heterocycles. The first-order chi connectivity index (χ1) is 13.6. The Morgan fingerprint density at radius 3 is 2.43 bits per heavy atom. The van der Waals surface area contributed by atoms with Crippen LogP contribution >= 0.6 is 0 Å². The number of nitrogens with one attached hydrogen (secondary N) is 2. The molecular formula is C21H22N2O5. The van der Waals surface area contributed by atoms with Crippen LogP contribution in [0.4, 0.5) is 0 Å². The predicted octanol–water partition coefficient (Wildman–Crippen LogP) is 2.29. The first-order valence-electron chi connectivity index (χ1n) is 8.78. The molecule has 0 aliphatic heterocycles. The van der Waals surface area contributed by atoms with Crippen molar-refractivity contribution in [1.82, 2.24) is 10.6 Å². The minimum Gasteiger partial charge on any atom is -0.457 e. The third-order valence-electron chi connectivity index (χ3n) is 3.41. The van der Waals surface area contributed by atoms with Gasteiger partial charge in [-0.25, -0.2) is 4.79 Å². The van der Waals surface area contributed by atoms with Crippen LogP contribution < -0.4 is 15.4 Å². The maximum Gasteiger partial charge on any atom is 0.331 e. The van der Waals surface area contributed by atoms with Crippen molar-refractivity contribution in [3.63, 3.8) is 0 Å². The van der Waals surface area contributed by atoms with E-state index in [1.807, 2.05) is 36.4 Å². The number of carbonyl (C=O) groups is 3. The van der Waals surface area contributed by atoms with Crippen molar-refractivity contribution >= 4 is 23.9 Å². The number of rotatable bonds is 9. The second-order valence-corrected chi connectivity index (χ2v) is 5.66. The molecule has 0 aliphatic rings. The Kier molecular flexibility index (Phi) is 8.26. The van der Waals surface area contributed by atoms with Crippen LogP contribution in [0.3, 0.4) is 0 Å². The molecule has 2 N–H and O–H groups in total. The van der Waals surface area contributed by atoms with Gasteiger partial charge in [-0.3, -0.25) is 9.59 Å². The first-order valence-corrected chi connectivity index (χ1v) is 8.78. The van der Waals surface area contributed by atoms with Crippen LogP contribution in [0.15, 0.2) is 60.7 Å². The smallest absolute Gasteiger partial charge is 0.331 e. The average molecular weight is 382 g/mol. The molecule has 146 valence electrons. The second-order valence-electron chi connectivity index (χ2n) is 5.66. The third kappa shape index (κ3) is 7.74. The minimum atomic E-state index is -0.664. The fourth-order valence-electron chi connectivity index (χ4n) is 2.14. The Bertz CT molecular complexity index is 834. The van der Waals surface area contributed by atoms with E-state index in [1.165, 1.54) is 6.08 Å². The molecule has 0 unspecified atom stereocenters. The van der Waals surface area contributed by atoms with Crippen LogP contribution in [0.25, 0.3) is 6.08 Å². The zero-order valence-corrected chi connectivity index (χ0v) is 15.5. The maximum absolute atomic E-state index is 11.7. The first kappa shape index (κ1) is 20.7. The van der Waals surface area contributed by atoms with E-state index in [1.54, 1.807) is 31.2 Å². The second kappa shape index (κ2) is 11.2. The van der Waals surface area contributed by atoms with Gasteiger partial charge in [0, 0.05) is 12.6 Å². The predicted molar refractivity (Wildman–Crippen MR) is 105 cm³/mol. The number of esters is 1. The summed E-state index contributed by atoms with van der Waals surface area (Å²) < 4.78 is 10.6. The van der Waals surface area contributed by atoms with Gasteiger partial charge in [0.2, 0.25) is 5.91 Å². The van der Waals surface area contributed by atoms with E-state index in [0.717, 1.165) is 5.56 Å². The van der Waals surface area contributed by atoms with Crippen LogP contribution in [0, 0.1) is 0 Å². The molecule has 0 fully saturated rings. The van der Waals surface area contributed by atoms with E-state index in [4.69, 9.17) is 9.47 Å². The number of amides is 2. The molecular weight excluding hydrogens is 360 g/mol. The number of benzene rings is 2. The molecule has 7 heteroatoms. The van der Waals surface area contributed by atoms with Gasteiger partial charge < -0.3 is 20.1 Å². The summed E-state index contributed by atoms with van der Waals surface area (Å²) in [4.78, 5) is 34.5. The molecule has 0 aliphatic carbocycles. The van der Waals surface area contributed by atoms with Crippen LogP contribution in [-0.4, -0.2) is 37.5 Å².